The first-order valence-corrected chi connectivity index (χ1v) is 8.64. The largest absolute Gasteiger partial charge is 0.352 e. The van der Waals surface area contributed by atoms with Gasteiger partial charge in [-0.05, 0) is 37.6 Å². The zero-order chi connectivity index (χ0) is 17.5. The highest BCUT2D eigenvalue weighted by Crippen LogP contribution is 2.26. The lowest BCUT2D eigenvalue weighted by Crippen LogP contribution is -2.50. The second-order valence-electron chi connectivity index (χ2n) is 5.69. The third kappa shape index (κ3) is 5.23. The number of piperidine rings is 1. The molecule has 1 aliphatic rings. The quantitative estimate of drug-likeness (QED) is 0.757. The third-order valence-electron chi connectivity index (χ3n) is 3.89. The van der Waals surface area contributed by atoms with Crippen molar-refractivity contribution in [2.45, 2.75) is 25.3 Å². The minimum atomic E-state index is -0.331. The van der Waals surface area contributed by atoms with E-state index in [-0.39, 0.29) is 24.4 Å². The number of carbonyl (C=O) groups excluding carboxylic acids is 2. The van der Waals surface area contributed by atoms with Crippen LogP contribution in [0.25, 0.3) is 0 Å². The fourth-order valence-corrected chi connectivity index (χ4v) is 3.00. The van der Waals surface area contributed by atoms with E-state index in [2.05, 4.69) is 17.2 Å². The summed E-state index contributed by atoms with van der Waals surface area (Å²) >= 11 is 11.9. The molecule has 7 heteroatoms. The highest BCUT2D eigenvalue weighted by Gasteiger charge is 2.30. The molecule has 1 aromatic rings. The van der Waals surface area contributed by atoms with Crippen LogP contribution in [0.5, 0.6) is 0 Å². The van der Waals surface area contributed by atoms with E-state index in [1.807, 2.05) is 4.90 Å². The summed E-state index contributed by atoms with van der Waals surface area (Å²) in [6, 6.07) is 4.63. The molecule has 0 bridgehead atoms. The van der Waals surface area contributed by atoms with Crippen LogP contribution in [0.2, 0.25) is 10.0 Å². The van der Waals surface area contributed by atoms with Gasteiger partial charge in [0, 0.05) is 12.2 Å². The van der Waals surface area contributed by atoms with E-state index in [9.17, 15) is 9.59 Å². The Hall–Kier alpha value is -1.56. The number of hydrogen-bond donors (Lipinski definition) is 2. The number of benzene rings is 1. The number of likely N-dealkylation sites (tertiary alicyclic amines) is 1. The second-order valence-corrected chi connectivity index (χ2v) is 6.51. The number of hydrogen-bond acceptors (Lipinski definition) is 3. The molecule has 1 fully saturated rings. The number of anilines is 1. The van der Waals surface area contributed by atoms with Crippen LogP contribution in [0.1, 0.15) is 19.3 Å². The Balaban J connectivity index is 2.00. The normalized spacial score (nSPS) is 18.0. The van der Waals surface area contributed by atoms with Crippen molar-refractivity contribution in [2.75, 3.05) is 25.0 Å². The topological polar surface area (TPSA) is 61.4 Å². The van der Waals surface area contributed by atoms with Crippen molar-refractivity contribution in [3.05, 3.63) is 40.9 Å². The van der Waals surface area contributed by atoms with Crippen molar-refractivity contribution < 1.29 is 9.59 Å². The van der Waals surface area contributed by atoms with E-state index in [1.165, 1.54) is 0 Å². The maximum absolute atomic E-state index is 12.6. The molecule has 1 aromatic carbocycles. The summed E-state index contributed by atoms with van der Waals surface area (Å²) in [5.41, 5.74) is 0.594. The van der Waals surface area contributed by atoms with Crippen molar-refractivity contribution in [1.29, 1.82) is 0 Å². The number of nitrogens with zero attached hydrogens (tertiary/aromatic N) is 1. The van der Waals surface area contributed by atoms with Crippen LogP contribution >= 0.6 is 23.2 Å². The van der Waals surface area contributed by atoms with Crippen molar-refractivity contribution >= 4 is 40.7 Å². The van der Waals surface area contributed by atoms with Gasteiger partial charge in [0.05, 0.1) is 22.6 Å². The summed E-state index contributed by atoms with van der Waals surface area (Å²) in [5, 5.41) is 6.42. The average molecular weight is 370 g/mol. The Morgan fingerprint density at radius 2 is 2.08 bits per heavy atom. The number of rotatable bonds is 6. The van der Waals surface area contributed by atoms with E-state index < -0.39 is 0 Å². The van der Waals surface area contributed by atoms with E-state index in [0.29, 0.717) is 22.3 Å². The maximum Gasteiger partial charge on any atom is 0.241 e. The van der Waals surface area contributed by atoms with Crippen LogP contribution < -0.4 is 10.6 Å². The van der Waals surface area contributed by atoms with Gasteiger partial charge in [0.15, 0.2) is 0 Å². The van der Waals surface area contributed by atoms with Gasteiger partial charge < -0.3 is 10.6 Å². The number of halogens is 2. The highest BCUT2D eigenvalue weighted by molar-refractivity contribution is 6.42. The van der Waals surface area contributed by atoms with Crippen LogP contribution in [0.3, 0.4) is 0 Å². The first-order chi connectivity index (χ1) is 11.5. The molecule has 1 heterocycles. The first kappa shape index (κ1) is 18.8. The van der Waals surface area contributed by atoms with E-state index in [4.69, 9.17) is 23.2 Å². The van der Waals surface area contributed by atoms with E-state index >= 15 is 0 Å². The van der Waals surface area contributed by atoms with Crippen LogP contribution in [0.15, 0.2) is 30.9 Å². The van der Waals surface area contributed by atoms with Gasteiger partial charge in [-0.2, -0.15) is 0 Å². The number of carbonyl (C=O) groups is 2. The monoisotopic (exact) mass is 369 g/mol. The summed E-state index contributed by atoms with van der Waals surface area (Å²) < 4.78 is 0. The van der Waals surface area contributed by atoms with Crippen molar-refractivity contribution in [3.63, 3.8) is 0 Å². The predicted octanol–water partition coefficient (Wildman–Crippen LogP) is 3.09. The summed E-state index contributed by atoms with van der Waals surface area (Å²) in [5.74, 6) is -0.242. The average Bonchev–Trinajstić information content (AvgIpc) is 2.56. The van der Waals surface area contributed by atoms with Gasteiger partial charge in [-0.3, -0.25) is 14.5 Å². The van der Waals surface area contributed by atoms with Gasteiger partial charge in [-0.25, -0.2) is 0 Å². The van der Waals surface area contributed by atoms with Gasteiger partial charge in [0.25, 0.3) is 0 Å². The van der Waals surface area contributed by atoms with E-state index in [0.717, 1.165) is 25.8 Å². The maximum atomic E-state index is 12.6. The Bertz CT molecular complexity index is 622. The molecule has 5 nitrogen and oxygen atoms in total. The number of amides is 2. The molecule has 1 aliphatic heterocycles. The van der Waals surface area contributed by atoms with Gasteiger partial charge >= 0.3 is 0 Å². The molecule has 2 amide bonds. The molecule has 0 spiro atoms. The van der Waals surface area contributed by atoms with Crippen LogP contribution in [0, 0.1) is 0 Å². The standard InChI is InChI=1S/C17H21Cl2N3O2/c1-2-8-20-16(23)11-22-9-4-3-5-15(22)17(24)21-12-6-7-13(18)14(19)10-12/h2,6-7,10,15H,1,3-5,8-9,11H2,(H,20,23)(H,21,24). The summed E-state index contributed by atoms with van der Waals surface area (Å²) in [4.78, 5) is 26.4. The highest BCUT2D eigenvalue weighted by atomic mass is 35.5. The Kier molecular flexibility index (Phi) is 7.09. The van der Waals surface area contributed by atoms with Gasteiger partial charge in [-0.1, -0.05) is 35.7 Å². The lowest BCUT2D eigenvalue weighted by molar-refractivity contribution is -0.126. The lowest BCUT2D eigenvalue weighted by atomic mass is 10.0. The molecule has 1 saturated heterocycles. The lowest BCUT2D eigenvalue weighted by Gasteiger charge is -2.34. The second kappa shape index (κ2) is 9.06. The molecule has 1 unspecified atom stereocenters. The molecule has 24 heavy (non-hydrogen) atoms. The predicted molar refractivity (Wildman–Crippen MR) is 97.5 cm³/mol. The van der Waals surface area contributed by atoms with Crippen LogP contribution in [-0.2, 0) is 9.59 Å². The first-order valence-electron chi connectivity index (χ1n) is 7.89. The molecule has 0 saturated carbocycles. The summed E-state index contributed by atoms with van der Waals surface area (Å²) in [7, 11) is 0. The molecule has 0 aromatic heterocycles. The van der Waals surface area contributed by atoms with Crippen LogP contribution in [-0.4, -0.2) is 42.4 Å². The molecule has 2 rings (SSSR count). The molecule has 130 valence electrons. The minimum absolute atomic E-state index is 0.107. The molecule has 1 atom stereocenters. The minimum Gasteiger partial charge on any atom is -0.352 e. The summed E-state index contributed by atoms with van der Waals surface area (Å²) in [6.07, 6.45) is 4.29. The molecule has 2 N–H and O–H groups in total. The SMILES string of the molecule is C=CCNC(=O)CN1CCCCC1C(=O)Nc1ccc(Cl)c(Cl)c1. The molecule has 0 aliphatic carbocycles. The third-order valence-corrected chi connectivity index (χ3v) is 4.63. The van der Waals surface area contributed by atoms with Crippen LogP contribution in [0.4, 0.5) is 5.69 Å². The van der Waals surface area contributed by atoms with Gasteiger partial charge in [0.1, 0.15) is 0 Å². The van der Waals surface area contributed by atoms with Gasteiger partial charge in [0.2, 0.25) is 11.8 Å². The van der Waals surface area contributed by atoms with Crippen molar-refractivity contribution in [3.8, 4) is 0 Å². The Morgan fingerprint density at radius 3 is 2.79 bits per heavy atom. The zero-order valence-corrected chi connectivity index (χ0v) is 14.9. The van der Waals surface area contributed by atoms with Crippen molar-refractivity contribution in [1.82, 2.24) is 10.2 Å². The Labute approximate surface area is 152 Å². The zero-order valence-electron chi connectivity index (χ0n) is 13.4. The van der Waals surface area contributed by atoms with E-state index in [1.54, 1.807) is 24.3 Å². The smallest absolute Gasteiger partial charge is 0.241 e. The fraction of sp³-hybridized carbons (Fsp3) is 0.412. The molecular weight excluding hydrogens is 349 g/mol. The fourth-order valence-electron chi connectivity index (χ4n) is 2.70. The molecule has 0 radical (unpaired) electrons. The van der Waals surface area contributed by atoms with Gasteiger partial charge in [-0.15, -0.1) is 6.58 Å². The van der Waals surface area contributed by atoms with Crippen molar-refractivity contribution in [2.24, 2.45) is 0 Å². The summed E-state index contributed by atoms with van der Waals surface area (Å²) in [6.45, 7) is 4.92. The molecular formula is C17H21Cl2N3O2. The number of nitrogens with one attached hydrogen (secondary N) is 2. The Morgan fingerprint density at radius 1 is 1.29 bits per heavy atom.